The van der Waals surface area contributed by atoms with Crippen molar-refractivity contribution >= 4 is 11.6 Å². The highest BCUT2D eigenvalue weighted by molar-refractivity contribution is 6.30. The van der Waals surface area contributed by atoms with Gasteiger partial charge in [-0.05, 0) is 91.9 Å². The zero-order chi connectivity index (χ0) is 28.7. The van der Waals surface area contributed by atoms with Crippen molar-refractivity contribution in [1.29, 1.82) is 0 Å². The number of halogens is 4. The minimum atomic E-state index is -4.50. The Morgan fingerprint density at radius 3 is 2.12 bits per heavy atom. The van der Waals surface area contributed by atoms with E-state index in [2.05, 4.69) is 10.2 Å². The number of hydrogen-bond donors (Lipinski definition) is 1. The van der Waals surface area contributed by atoms with Crippen molar-refractivity contribution < 1.29 is 17.9 Å². The van der Waals surface area contributed by atoms with Crippen LogP contribution in [0.1, 0.15) is 35.6 Å². The molecule has 0 radical (unpaired) electrons. The Kier molecular flexibility index (Phi) is 7.72. The van der Waals surface area contributed by atoms with E-state index in [0.29, 0.717) is 34.3 Å². The zero-order valence-electron chi connectivity index (χ0n) is 23.1. The van der Waals surface area contributed by atoms with E-state index >= 15 is 0 Å². The van der Waals surface area contributed by atoms with Gasteiger partial charge in [-0.15, -0.1) is 0 Å². The van der Waals surface area contributed by atoms with Gasteiger partial charge < -0.3 is 14.2 Å². The maximum Gasteiger partial charge on any atom is 0.418 e. The van der Waals surface area contributed by atoms with Crippen LogP contribution in [0.5, 0.6) is 0 Å². The highest BCUT2D eigenvalue weighted by Crippen LogP contribution is 2.44. The van der Waals surface area contributed by atoms with Crippen molar-refractivity contribution in [2.24, 2.45) is 5.92 Å². The van der Waals surface area contributed by atoms with Crippen LogP contribution >= 0.6 is 11.6 Å². The molecule has 4 nitrogen and oxygen atoms in total. The molecule has 1 N–H and O–H groups in total. The summed E-state index contributed by atoms with van der Waals surface area (Å²) >= 11 is 6.14. The fraction of sp³-hybridized carbons (Fsp3) is 0.333. The molecule has 2 atom stereocenters. The first kappa shape index (κ1) is 28.0. The largest absolute Gasteiger partial charge is 0.418 e. The van der Waals surface area contributed by atoms with Crippen molar-refractivity contribution in [3.05, 3.63) is 101 Å². The Morgan fingerprint density at radius 2 is 1.54 bits per heavy atom. The number of nitrogens with zero attached hydrogens (tertiary/aromatic N) is 2. The van der Waals surface area contributed by atoms with E-state index in [1.807, 2.05) is 62.6 Å². The molecule has 1 aliphatic heterocycles. The maximum atomic E-state index is 14.8. The number of likely N-dealkylation sites (N-methyl/N-ethyl adjacent to an activating group) is 1. The molecule has 2 aliphatic rings. The lowest BCUT2D eigenvalue weighted by molar-refractivity contribution is -0.138. The fourth-order valence-electron chi connectivity index (χ4n) is 5.47. The van der Waals surface area contributed by atoms with Gasteiger partial charge in [0.05, 0.1) is 22.6 Å². The van der Waals surface area contributed by atoms with Crippen molar-refractivity contribution in [1.82, 2.24) is 14.8 Å². The third-order valence-electron chi connectivity index (χ3n) is 7.81. The second kappa shape index (κ2) is 11.3. The monoisotopic (exact) mass is 579 g/mol. The molecule has 1 aromatic heterocycles. The first-order valence-corrected chi connectivity index (χ1v) is 14.4. The first-order valence-electron chi connectivity index (χ1n) is 14.0. The number of nitrogens with one attached hydrogen (secondary N) is 1. The molecule has 3 aromatic carbocycles. The highest BCUT2D eigenvalue weighted by Gasteiger charge is 2.40. The van der Waals surface area contributed by atoms with E-state index in [1.54, 1.807) is 34.9 Å². The van der Waals surface area contributed by atoms with Gasteiger partial charge in [0.25, 0.3) is 0 Å². The van der Waals surface area contributed by atoms with E-state index in [1.165, 1.54) is 0 Å². The predicted octanol–water partition coefficient (Wildman–Crippen LogP) is 7.98. The SMILES string of the molecule is CN(C)CCNC1OC1c1ccc(-c2ccc(-c3ccc(Cl)cc3)n2-c2cccc(CC3CC3)c2C(F)(F)F)cc1. The van der Waals surface area contributed by atoms with Crippen LogP contribution in [0.3, 0.4) is 0 Å². The molecule has 6 rings (SSSR count). The Labute approximate surface area is 243 Å². The molecule has 0 amide bonds. The number of hydrogen-bond acceptors (Lipinski definition) is 3. The van der Waals surface area contributed by atoms with Crippen LogP contribution in [0.2, 0.25) is 5.02 Å². The van der Waals surface area contributed by atoms with Gasteiger partial charge in [-0.3, -0.25) is 5.32 Å². The topological polar surface area (TPSA) is 32.7 Å². The second-order valence-corrected chi connectivity index (χ2v) is 11.7. The van der Waals surface area contributed by atoms with Gasteiger partial charge in [0.2, 0.25) is 0 Å². The number of aromatic nitrogens is 1. The summed E-state index contributed by atoms with van der Waals surface area (Å²) in [4.78, 5) is 2.11. The van der Waals surface area contributed by atoms with Crippen LogP contribution in [-0.4, -0.2) is 42.9 Å². The second-order valence-electron chi connectivity index (χ2n) is 11.3. The highest BCUT2D eigenvalue weighted by atomic mass is 35.5. The van der Waals surface area contributed by atoms with E-state index in [-0.39, 0.29) is 18.0 Å². The van der Waals surface area contributed by atoms with Crippen LogP contribution in [0.4, 0.5) is 13.2 Å². The molecule has 2 heterocycles. The molecule has 1 saturated heterocycles. The summed E-state index contributed by atoms with van der Waals surface area (Å²) in [6.45, 7) is 1.74. The van der Waals surface area contributed by atoms with Crippen molar-refractivity contribution in [3.63, 3.8) is 0 Å². The van der Waals surface area contributed by atoms with E-state index in [0.717, 1.165) is 42.6 Å². The van der Waals surface area contributed by atoms with E-state index < -0.39 is 11.7 Å². The first-order chi connectivity index (χ1) is 19.7. The van der Waals surface area contributed by atoms with Crippen LogP contribution in [-0.2, 0) is 17.3 Å². The molecule has 1 saturated carbocycles. The van der Waals surface area contributed by atoms with Crippen LogP contribution in [0, 0.1) is 5.92 Å². The lowest BCUT2D eigenvalue weighted by Crippen LogP contribution is -2.28. The van der Waals surface area contributed by atoms with Gasteiger partial charge in [-0.1, -0.05) is 60.1 Å². The van der Waals surface area contributed by atoms with Gasteiger partial charge in [0.15, 0.2) is 0 Å². The lowest BCUT2D eigenvalue weighted by atomic mass is 9.98. The number of benzene rings is 3. The maximum absolute atomic E-state index is 14.8. The summed E-state index contributed by atoms with van der Waals surface area (Å²) in [7, 11) is 4.06. The predicted molar refractivity (Wildman–Crippen MR) is 157 cm³/mol. The minimum absolute atomic E-state index is 0.0234. The molecule has 1 aliphatic carbocycles. The average molecular weight is 580 g/mol. The van der Waals surface area contributed by atoms with Crippen LogP contribution < -0.4 is 5.32 Å². The summed E-state index contributed by atoms with van der Waals surface area (Å²) in [6, 6.07) is 23.9. The van der Waals surface area contributed by atoms with Crippen molar-refractivity contribution in [3.8, 4) is 28.2 Å². The fourth-order valence-corrected chi connectivity index (χ4v) is 5.59. The van der Waals surface area contributed by atoms with Gasteiger partial charge >= 0.3 is 6.18 Å². The third kappa shape index (κ3) is 6.24. The Balaban J connectivity index is 1.40. The molecule has 214 valence electrons. The molecule has 4 aromatic rings. The molecule has 2 fully saturated rings. The Bertz CT molecular complexity index is 1510. The summed E-state index contributed by atoms with van der Waals surface area (Å²) in [6.07, 6.45) is -2.15. The number of rotatable bonds is 10. The average Bonchev–Trinajstić information content (AvgIpc) is 3.86. The summed E-state index contributed by atoms with van der Waals surface area (Å²) in [5.41, 5.74) is 3.94. The molecule has 0 bridgehead atoms. The minimum Gasteiger partial charge on any atom is -0.348 e. The lowest BCUT2D eigenvalue weighted by Gasteiger charge is -2.22. The zero-order valence-corrected chi connectivity index (χ0v) is 23.8. The van der Waals surface area contributed by atoms with Crippen LogP contribution in [0.25, 0.3) is 28.2 Å². The number of ether oxygens (including phenoxy) is 1. The van der Waals surface area contributed by atoms with Crippen LogP contribution in [0.15, 0.2) is 78.9 Å². The standard InChI is InChI=1S/C33H33ClF3N3O/c1-39(2)19-18-38-32-31(41-32)24-10-8-22(9-11-24)27-16-17-28(23-12-14-26(34)15-13-23)40(27)29-5-3-4-25(20-21-6-7-21)30(29)33(35,36)37/h3-5,8-17,21,31-32,38H,6-7,18-20H2,1-2H3. The van der Waals surface area contributed by atoms with E-state index in [4.69, 9.17) is 16.3 Å². The molecule has 0 spiro atoms. The smallest absolute Gasteiger partial charge is 0.348 e. The normalized spacial score (nSPS) is 18.7. The Morgan fingerprint density at radius 1 is 0.902 bits per heavy atom. The van der Waals surface area contributed by atoms with Gasteiger partial charge in [0.1, 0.15) is 12.3 Å². The molecule has 41 heavy (non-hydrogen) atoms. The molecular weight excluding hydrogens is 547 g/mol. The van der Waals surface area contributed by atoms with Gasteiger partial charge in [-0.2, -0.15) is 13.2 Å². The number of alkyl halides is 3. The molecular formula is C33H33ClF3N3O. The van der Waals surface area contributed by atoms with E-state index in [9.17, 15) is 13.2 Å². The quantitative estimate of drug-likeness (QED) is 0.193. The number of epoxide rings is 1. The molecule has 2 unspecified atom stereocenters. The molecule has 8 heteroatoms. The van der Waals surface area contributed by atoms with Gasteiger partial charge in [-0.25, -0.2) is 0 Å². The summed E-state index contributed by atoms with van der Waals surface area (Å²) in [5, 5.41) is 3.97. The summed E-state index contributed by atoms with van der Waals surface area (Å²) < 4.78 is 51.8. The Hall–Kier alpha value is -3.10. The van der Waals surface area contributed by atoms with Crippen molar-refractivity contribution in [2.45, 2.75) is 37.8 Å². The van der Waals surface area contributed by atoms with Crippen molar-refractivity contribution in [2.75, 3.05) is 27.2 Å². The van der Waals surface area contributed by atoms with Gasteiger partial charge in [0, 0.05) is 18.1 Å². The third-order valence-corrected chi connectivity index (χ3v) is 8.06. The summed E-state index contributed by atoms with van der Waals surface area (Å²) in [5.74, 6) is 0.324.